The molecule has 270 valence electrons. The molecule has 0 spiro atoms. The molecule has 0 heterocycles. The van der Waals surface area contributed by atoms with E-state index in [9.17, 15) is 14.4 Å². The molecular weight excluding hydrogens is 637 g/mol. The first-order chi connectivity index (χ1) is 21.9. The van der Waals surface area contributed by atoms with Crippen LogP contribution in [0.2, 0.25) is 12.1 Å². The Morgan fingerprint density at radius 1 is 0.696 bits per heavy atom. The lowest BCUT2D eigenvalue weighted by Crippen LogP contribution is -2.47. The Labute approximate surface area is 278 Å². The number of rotatable bonds is 28. The van der Waals surface area contributed by atoms with Gasteiger partial charge in [-0.3, -0.25) is 0 Å². The zero-order valence-electron chi connectivity index (χ0n) is 29.4. The van der Waals surface area contributed by atoms with Crippen molar-refractivity contribution in [1.82, 2.24) is 10.2 Å². The number of nitrogens with zero attached hydrogens (tertiary/aromatic N) is 1. The summed E-state index contributed by atoms with van der Waals surface area (Å²) in [5.74, 6) is -0.578. The SMILES string of the molecule is C=CC(=O)OCCNC(=O)OCC(C)(C)COC(=O)N(CCC[Si](OCC)(OCC)OCC)CCC[Si](OCC)(OCC)OCC. The number of hydrogen-bond acceptors (Lipinski definition) is 12. The topological polar surface area (TPSA) is 150 Å². The highest BCUT2D eigenvalue weighted by Crippen LogP contribution is 2.22. The fourth-order valence-electron chi connectivity index (χ4n) is 4.34. The maximum absolute atomic E-state index is 13.4. The van der Waals surface area contributed by atoms with Crippen molar-refractivity contribution in [3.8, 4) is 0 Å². The number of carbonyl (C=O) groups is 3. The van der Waals surface area contributed by atoms with Crippen LogP contribution < -0.4 is 5.32 Å². The van der Waals surface area contributed by atoms with Crippen molar-refractivity contribution in [3.63, 3.8) is 0 Å². The smallest absolute Gasteiger partial charge is 0.461 e. The largest absolute Gasteiger partial charge is 0.500 e. The van der Waals surface area contributed by atoms with Gasteiger partial charge in [-0.2, -0.15) is 0 Å². The number of esters is 1. The molecule has 0 aliphatic rings. The van der Waals surface area contributed by atoms with E-state index in [0.29, 0.717) is 77.7 Å². The number of amides is 2. The molecule has 0 saturated carbocycles. The van der Waals surface area contributed by atoms with Gasteiger partial charge in [0, 0.05) is 76.3 Å². The Balaban J connectivity index is 5.41. The van der Waals surface area contributed by atoms with Crippen LogP contribution in [0.3, 0.4) is 0 Å². The Morgan fingerprint density at radius 3 is 1.50 bits per heavy atom. The number of hydrogen-bond donors (Lipinski definition) is 1. The van der Waals surface area contributed by atoms with Crippen molar-refractivity contribution >= 4 is 35.8 Å². The molecule has 0 aromatic heterocycles. The molecule has 0 aromatic carbocycles. The van der Waals surface area contributed by atoms with Crippen LogP contribution in [-0.2, 0) is 45.6 Å². The van der Waals surface area contributed by atoms with E-state index in [1.807, 2.05) is 55.4 Å². The lowest BCUT2D eigenvalue weighted by molar-refractivity contribution is -0.137. The molecule has 0 unspecified atom stereocenters. The lowest BCUT2D eigenvalue weighted by atomic mass is 9.96. The van der Waals surface area contributed by atoms with Crippen molar-refractivity contribution in [2.45, 2.75) is 80.3 Å². The summed E-state index contributed by atoms with van der Waals surface area (Å²) in [6.45, 7) is 22.1. The van der Waals surface area contributed by atoms with Crippen LogP contribution in [0.1, 0.15) is 68.2 Å². The van der Waals surface area contributed by atoms with Crippen molar-refractivity contribution in [2.75, 3.05) is 79.1 Å². The first kappa shape index (κ1) is 43.9. The number of alkyl carbamates (subject to hydrolysis) is 1. The normalized spacial score (nSPS) is 12.0. The van der Waals surface area contributed by atoms with Gasteiger partial charge >= 0.3 is 35.8 Å². The molecule has 16 heteroatoms. The van der Waals surface area contributed by atoms with Crippen molar-refractivity contribution in [3.05, 3.63) is 12.7 Å². The fourth-order valence-corrected chi connectivity index (χ4v) is 9.52. The number of carbonyl (C=O) groups excluding carboxylic acids is 3. The van der Waals surface area contributed by atoms with Gasteiger partial charge in [0.1, 0.15) is 19.8 Å². The first-order valence-electron chi connectivity index (χ1n) is 16.4. The van der Waals surface area contributed by atoms with Gasteiger partial charge in [-0.05, 0) is 54.4 Å². The summed E-state index contributed by atoms with van der Waals surface area (Å²) >= 11 is 0. The number of ether oxygens (including phenoxy) is 3. The molecule has 0 atom stereocenters. The molecule has 14 nitrogen and oxygen atoms in total. The van der Waals surface area contributed by atoms with Gasteiger partial charge < -0.3 is 51.0 Å². The molecule has 46 heavy (non-hydrogen) atoms. The van der Waals surface area contributed by atoms with E-state index in [4.69, 9.17) is 40.8 Å². The Morgan fingerprint density at radius 2 is 1.11 bits per heavy atom. The third kappa shape index (κ3) is 18.9. The first-order valence-corrected chi connectivity index (χ1v) is 20.2. The van der Waals surface area contributed by atoms with Crippen LogP contribution in [0.15, 0.2) is 12.7 Å². The Kier molecular flexibility index (Phi) is 23.9. The predicted molar refractivity (Wildman–Crippen MR) is 177 cm³/mol. The van der Waals surface area contributed by atoms with E-state index in [2.05, 4.69) is 11.9 Å². The van der Waals surface area contributed by atoms with Crippen LogP contribution in [-0.4, -0.2) is 120 Å². The summed E-state index contributed by atoms with van der Waals surface area (Å²) in [5.41, 5.74) is -0.671. The lowest BCUT2D eigenvalue weighted by Gasteiger charge is -2.31. The van der Waals surface area contributed by atoms with Crippen molar-refractivity contribution in [1.29, 1.82) is 0 Å². The maximum Gasteiger partial charge on any atom is 0.500 e. The van der Waals surface area contributed by atoms with E-state index >= 15 is 0 Å². The van der Waals surface area contributed by atoms with Gasteiger partial charge in [-0.1, -0.05) is 20.4 Å². The van der Waals surface area contributed by atoms with Gasteiger partial charge in [-0.15, -0.1) is 0 Å². The quantitative estimate of drug-likeness (QED) is 0.0394. The third-order valence-electron chi connectivity index (χ3n) is 6.23. The average molecular weight is 697 g/mol. The van der Waals surface area contributed by atoms with Crippen molar-refractivity contribution in [2.24, 2.45) is 5.41 Å². The fraction of sp³-hybridized carbons (Fsp3) is 0.833. The van der Waals surface area contributed by atoms with Crippen LogP contribution >= 0.6 is 0 Å². The molecule has 0 aromatic rings. The predicted octanol–water partition coefficient (Wildman–Crippen LogP) is 4.78. The van der Waals surface area contributed by atoms with E-state index < -0.39 is 41.2 Å². The summed E-state index contributed by atoms with van der Waals surface area (Å²) in [6.07, 6.45) is 1.04. The minimum absolute atomic E-state index is 0.00502. The Hall–Kier alpha value is -2.06. The van der Waals surface area contributed by atoms with Crippen LogP contribution in [0.25, 0.3) is 0 Å². The molecule has 2 amide bonds. The molecule has 0 rings (SSSR count). The standard InChI is InChI=1S/C30H60N2O12Si2/c1-10-27(33)36-22-19-31-28(34)37-25-30(8,9)26-38-29(35)32(20-17-23-45(39-11-2,40-12-3)41-13-4)21-18-24-46(42-14-5,43-15-6)44-16-7/h10H,1,11-26H2,2-9H3,(H,31,34). The second-order valence-corrected chi connectivity index (χ2v) is 16.2. The van der Waals surface area contributed by atoms with E-state index in [1.54, 1.807) is 4.90 Å². The maximum atomic E-state index is 13.4. The molecule has 1 N–H and O–H groups in total. The molecule has 0 bridgehead atoms. The van der Waals surface area contributed by atoms with Gasteiger partial charge in [0.15, 0.2) is 0 Å². The zero-order valence-corrected chi connectivity index (χ0v) is 31.4. The monoisotopic (exact) mass is 696 g/mol. The highest BCUT2D eigenvalue weighted by Gasteiger charge is 2.41. The van der Waals surface area contributed by atoms with Gasteiger partial charge in [0.2, 0.25) is 0 Å². The van der Waals surface area contributed by atoms with E-state index in [0.717, 1.165) is 6.08 Å². The van der Waals surface area contributed by atoms with Gasteiger partial charge in [0.25, 0.3) is 0 Å². The molecule has 0 saturated heterocycles. The minimum atomic E-state index is -2.90. The molecule has 0 aliphatic heterocycles. The molecule has 0 fully saturated rings. The van der Waals surface area contributed by atoms with Crippen LogP contribution in [0, 0.1) is 5.41 Å². The highest BCUT2D eigenvalue weighted by molar-refractivity contribution is 6.61. The second kappa shape index (κ2) is 25.0. The summed E-state index contributed by atoms with van der Waals surface area (Å²) in [4.78, 5) is 38.2. The van der Waals surface area contributed by atoms with Crippen LogP contribution in [0.4, 0.5) is 9.59 Å². The summed E-state index contributed by atoms with van der Waals surface area (Å²) in [7, 11) is -5.79. The second-order valence-electron chi connectivity index (χ2n) is 10.8. The number of nitrogens with one attached hydrogen (secondary N) is 1. The minimum Gasteiger partial charge on any atom is -0.461 e. The summed E-state index contributed by atoms with van der Waals surface area (Å²) < 4.78 is 51.8. The zero-order chi connectivity index (χ0) is 34.9. The Bertz CT molecular complexity index is 800. The molecule has 0 radical (unpaired) electrons. The van der Waals surface area contributed by atoms with E-state index in [-0.39, 0.29) is 26.4 Å². The van der Waals surface area contributed by atoms with E-state index in [1.165, 1.54) is 0 Å². The van der Waals surface area contributed by atoms with Crippen molar-refractivity contribution < 1.29 is 55.2 Å². The summed E-state index contributed by atoms with van der Waals surface area (Å²) in [5, 5.41) is 2.50. The molecular formula is C30H60N2O12Si2. The average Bonchev–Trinajstić information content (AvgIpc) is 3.01. The third-order valence-corrected chi connectivity index (χ3v) is 12.5. The molecule has 0 aliphatic carbocycles. The van der Waals surface area contributed by atoms with Gasteiger partial charge in [0.05, 0.1) is 6.54 Å². The summed E-state index contributed by atoms with van der Waals surface area (Å²) in [6, 6.07) is 1.09. The van der Waals surface area contributed by atoms with Crippen LogP contribution in [0.5, 0.6) is 0 Å². The van der Waals surface area contributed by atoms with Gasteiger partial charge in [-0.25, -0.2) is 14.4 Å². The highest BCUT2D eigenvalue weighted by atomic mass is 28.4.